The molecule has 0 radical (unpaired) electrons. The molecule has 0 bridgehead atoms. The molecule has 1 aliphatic heterocycles. The Balaban J connectivity index is 1.66. The molecule has 236 valence electrons. The molecule has 5 rings (SSSR count). The van der Waals surface area contributed by atoms with Crippen molar-refractivity contribution in [1.82, 2.24) is 4.90 Å². The molecule has 0 saturated carbocycles. The lowest BCUT2D eigenvalue weighted by Crippen LogP contribution is -2.45. The van der Waals surface area contributed by atoms with Crippen LogP contribution in [-0.2, 0) is 20.9 Å². The average molecular weight is 661 g/mol. The lowest BCUT2D eigenvalue weighted by atomic mass is 9.63. The molecule has 0 unspecified atom stereocenters. The molecule has 0 spiro atoms. The van der Waals surface area contributed by atoms with Crippen LogP contribution in [0.5, 0.6) is 11.5 Å². The maximum Gasteiger partial charge on any atom is 0.180 e. The molecule has 2 aromatic carbocycles. The van der Waals surface area contributed by atoms with Gasteiger partial charge in [0.25, 0.3) is 0 Å². The van der Waals surface area contributed by atoms with Crippen molar-refractivity contribution in [2.24, 2.45) is 10.8 Å². The van der Waals surface area contributed by atoms with Gasteiger partial charge in [0.05, 0.1) is 18.2 Å². The van der Waals surface area contributed by atoms with Gasteiger partial charge in [0.15, 0.2) is 23.1 Å². The van der Waals surface area contributed by atoms with Crippen LogP contribution in [0.1, 0.15) is 77.3 Å². The molecular formula is C35H40Cl3NO5. The van der Waals surface area contributed by atoms with E-state index < -0.39 is 5.92 Å². The molecule has 0 fully saturated rings. The van der Waals surface area contributed by atoms with Crippen LogP contribution in [0, 0.1) is 10.8 Å². The van der Waals surface area contributed by atoms with Gasteiger partial charge in [-0.15, -0.1) is 0 Å². The summed E-state index contributed by atoms with van der Waals surface area (Å²) in [6, 6.07) is 8.91. The predicted molar refractivity (Wildman–Crippen MR) is 175 cm³/mol. The van der Waals surface area contributed by atoms with E-state index in [9.17, 15) is 9.59 Å². The van der Waals surface area contributed by atoms with Crippen LogP contribution in [-0.4, -0.2) is 43.3 Å². The highest BCUT2D eigenvalue weighted by atomic mass is 35.5. The summed E-state index contributed by atoms with van der Waals surface area (Å²) in [5.41, 5.74) is 4.35. The zero-order valence-electron chi connectivity index (χ0n) is 26.2. The van der Waals surface area contributed by atoms with Gasteiger partial charge >= 0.3 is 0 Å². The second kappa shape index (κ2) is 12.7. The van der Waals surface area contributed by atoms with Crippen LogP contribution in [0.2, 0.25) is 15.1 Å². The van der Waals surface area contributed by atoms with Gasteiger partial charge in [0.1, 0.15) is 6.61 Å². The largest absolute Gasteiger partial charge is 0.490 e. The lowest BCUT2D eigenvalue weighted by molar-refractivity contribution is -0.119. The molecular weight excluding hydrogens is 621 g/mol. The van der Waals surface area contributed by atoms with Crippen molar-refractivity contribution >= 4 is 46.4 Å². The van der Waals surface area contributed by atoms with Crippen LogP contribution in [0.3, 0.4) is 0 Å². The molecule has 0 atom stereocenters. The number of nitrogens with zero attached hydrogens (tertiary/aromatic N) is 1. The smallest absolute Gasteiger partial charge is 0.180 e. The van der Waals surface area contributed by atoms with E-state index in [0.717, 1.165) is 35.4 Å². The normalized spacial score (nSPS) is 19.7. The quantitative estimate of drug-likeness (QED) is 0.268. The van der Waals surface area contributed by atoms with Crippen LogP contribution >= 0.6 is 34.8 Å². The second-order valence-corrected chi connectivity index (χ2v) is 14.7. The summed E-state index contributed by atoms with van der Waals surface area (Å²) in [5, 5.41) is 1.35. The van der Waals surface area contributed by atoms with Gasteiger partial charge in [0, 0.05) is 70.6 Å². The molecule has 3 aliphatic rings. The van der Waals surface area contributed by atoms with Crippen molar-refractivity contribution in [3.05, 3.63) is 79.1 Å². The molecule has 0 aromatic heterocycles. The van der Waals surface area contributed by atoms with Crippen LogP contribution in [0.4, 0.5) is 0 Å². The Morgan fingerprint density at radius 1 is 0.841 bits per heavy atom. The highest BCUT2D eigenvalue weighted by Crippen LogP contribution is 2.55. The van der Waals surface area contributed by atoms with Gasteiger partial charge in [-0.1, -0.05) is 68.6 Å². The van der Waals surface area contributed by atoms with E-state index in [1.165, 1.54) is 0 Å². The van der Waals surface area contributed by atoms with Crippen molar-refractivity contribution < 1.29 is 23.8 Å². The Bertz CT molecular complexity index is 1500. The fraction of sp³-hybridized carbons (Fsp3) is 0.486. The van der Waals surface area contributed by atoms with Crippen molar-refractivity contribution in [2.45, 2.75) is 72.8 Å². The number of benzene rings is 2. The number of rotatable bonds is 9. The van der Waals surface area contributed by atoms with E-state index in [4.69, 9.17) is 49.0 Å². The van der Waals surface area contributed by atoms with Crippen molar-refractivity contribution in [1.29, 1.82) is 0 Å². The summed E-state index contributed by atoms with van der Waals surface area (Å²) < 4.78 is 17.7. The summed E-state index contributed by atoms with van der Waals surface area (Å²) in [6.45, 7) is 12.0. The molecule has 6 nitrogen and oxygen atoms in total. The van der Waals surface area contributed by atoms with Gasteiger partial charge in [-0.2, -0.15) is 0 Å². The minimum absolute atomic E-state index is 0.0552. The van der Waals surface area contributed by atoms with Gasteiger partial charge < -0.3 is 19.1 Å². The Labute approximate surface area is 275 Å². The second-order valence-electron chi connectivity index (χ2n) is 13.5. The zero-order valence-corrected chi connectivity index (χ0v) is 28.5. The van der Waals surface area contributed by atoms with Gasteiger partial charge in [-0.25, -0.2) is 0 Å². The number of hydrogen-bond donors (Lipinski definition) is 0. The standard InChI is InChI=1S/C35H40Cl3NO5/c1-7-43-29-13-21(12-24(38)33(29)44-19-20-8-9-22(36)14-23(20)37)30-31-25(15-34(2,3)17-27(31)40)39(10-11-42-6)26-16-35(4,5)18-28(41)32(26)30/h8-9,12-14,30H,7,10-11,15-19H2,1-6H3. The summed E-state index contributed by atoms with van der Waals surface area (Å²) in [5.74, 6) is 0.372. The van der Waals surface area contributed by atoms with E-state index >= 15 is 0 Å². The minimum Gasteiger partial charge on any atom is -0.490 e. The fourth-order valence-corrected chi connectivity index (χ4v) is 7.52. The van der Waals surface area contributed by atoms with Crippen LogP contribution in [0.25, 0.3) is 0 Å². The third-order valence-corrected chi connectivity index (χ3v) is 9.46. The first-order valence-corrected chi connectivity index (χ1v) is 16.2. The van der Waals surface area contributed by atoms with E-state index in [0.29, 0.717) is 70.3 Å². The topological polar surface area (TPSA) is 65.1 Å². The molecule has 0 amide bonds. The Hall–Kier alpha value is -2.51. The number of ketones is 2. The maximum atomic E-state index is 14.1. The van der Waals surface area contributed by atoms with E-state index in [1.807, 2.05) is 19.1 Å². The van der Waals surface area contributed by atoms with Gasteiger partial charge in [-0.3, -0.25) is 9.59 Å². The Kier molecular flexibility index (Phi) is 9.49. The number of halogens is 3. The number of allylic oxidation sites excluding steroid dienone is 4. The van der Waals surface area contributed by atoms with E-state index in [-0.39, 0.29) is 29.0 Å². The number of ether oxygens (including phenoxy) is 3. The van der Waals surface area contributed by atoms with Crippen molar-refractivity contribution in [3.8, 4) is 11.5 Å². The monoisotopic (exact) mass is 659 g/mol. The number of Topliss-reactive ketones (excluding diaryl/α,β-unsaturated/α-hetero) is 2. The first kappa shape index (κ1) is 32.9. The lowest BCUT2D eigenvalue weighted by Gasteiger charge is -2.49. The SMILES string of the molecule is CCOc1cc(C2C3=C(CC(C)(C)CC3=O)N(CCOC)C3=C2C(=O)CC(C)(C)C3)cc(Cl)c1OCc1ccc(Cl)cc1Cl. The highest BCUT2D eigenvalue weighted by molar-refractivity contribution is 6.35. The molecule has 44 heavy (non-hydrogen) atoms. The first-order chi connectivity index (χ1) is 20.7. The Morgan fingerprint density at radius 2 is 1.45 bits per heavy atom. The summed E-state index contributed by atoms with van der Waals surface area (Å²) in [7, 11) is 1.67. The average Bonchev–Trinajstić information content (AvgIpc) is 2.91. The molecule has 2 aliphatic carbocycles. The fourth-order valence-electron chi connectivity index (χ4n) is 6.78. The Morgan fingerprint density at radius 3 is 2.00 bits per heavy atom. The van der Waals surface area contributed by atoms with Crippen molar-refractivity contribution in [2.75, 3.05) is 26.9 Å². The molecule has 2 aromatic rings. The summed E-state index contributed by atoms with van der Waals surface area (Å²) in [6.07, 6.45) is 2.24. The maximum absolute atomic E-state index is 14.1. The third-order valence-electron chi connectivity index (χ3n) is 8.59. The predicted octanol–water partition coefficient (Wildman–Crippen LogP) is 8.96. The zero-order chi connectivity index (χ0) is 32.0. The van der Waals surface area contributed by atoms with Crippen molar-refractivity contribution in [3.63, 3.8) is 0 Å². The van der Waals surface area contributed by atoms with E-state index in [2.05, 4.69) is 32.6 Å². The van der Waals surface area contributed by atoms with Gasteiger partial charge in [-0.05, 0) is 60.4 Å². The summed E-state index contributed by atoms with van der Waals surface area (Å²) >= 11 is 19.4. The van der Waals surface area contributed by atoms with Crippen LogP contribution in [0.15, 0.2) is 52.9 Å². The number of carbonyl (C=O) groups is 2. The molecule has 1 heterocycles. The third kappa shape index (κ3) is 6.55. The van der Waals surface area contributed by atoms with E-state index in [1.54, 1.807) is 25.3 Å². The number of hydrogen-bond acceptors (Lipinski definition) is 6. The highest BCUT2D eigenvalue weighted by Gasteiger charge is 2.49. The first-order valence-electron chi connectivity index (χ1n) is 15.1. The molecule has 9 heteroatoms. The number of carbonyl (C=O) groups excluding carboxylic acids is 2. The summed E-state index contributed by atoms with van der Waals surface area (Å²) in [4.78, 5) is 30.4. The number of methoxy groups -OCH3 is 1. The van der Waals surface area contributed by atoms with Gasteiger partial charge in [0.2, 0.25) is 0 Å². The van der Waals surface area contributed by atoms with Crippen LogP contribution < -0.4 is 9.47 Å². The molecule has 0 saturated heterocycles. The minimum atomic E-state index is -0.553. The molecule has 0 N–H and O–H groups in total.